The summed E-state index contributed by atoms with van der Waals surface area (Å²) < 4.78 is 12.7. The van der Waals surface area contributed by atoms with Gasteiger partial charge < -0.3 is 14.8 Å². The van der Waals surface area contributed by atoms with E-state index in [1.807, 2.05) is 23.7 Å². The van der Waals surface area contributed by atoms with Crippen molar-refractivity contribution in [1.29, 1.82) is 0 Å². The molecule has 6 heteroatoms. The van der Waals surface area contributed by atoms with Gasteiger partial charge in [0.1, 0.15) is 5.82 Å². The second-order valence-corrected chi connectivity index (χ2v) is 5.34. The zero-order valence-electron chi connectivity index (χ0n) is 12.8. The number of hydrogen-bond acceptors (Lipinski definition) is 5. The molecule has 21 heavy (non-hydrogen) atoms. The van der Waals surface area contributed by atoms with E-state index in [0.717, 1.165) is 35.3 Å². The number of hydrogen-bond donors (Lipinski definition) is 1. The fourth-order valence-electron chi connectivity index (χ4n) is 2.80. The number of ether oxygens (including phenoxy) is 2. The van der Waals surface area contributed by atoms with Crippen LogP contribution in [-0.2, 0) is 0 Å². The zero-order valence-corrected chi connectivity index (χ0v) is 12.8. The van der Waals surface area contributed by atoms with E-state index in [0.29, 0.717) is 6.04 Å². The Morgan fingerprint density at radius 3 is 2.71 bits per heavy atom. The molecule has 0 saturated carbocycles. The van der Waals surface area contributed by atoms with Crippen LogP contribution in [0.3, 0.4) is 0 Å². The third kappa shape index (κ3) is 2.41. The van der Waals surface area contributed by atoms with E-state index in [4.69, 9.17) is 9.47 Å². The summed E-state index contributed by atoms with van der Waals surface area (Å²) in [4.78, 5) is 4.44. The molecule has 0 radical (unpaired) electrons. The maximum Gasteiger partial charge on any atom is 0.222 e. The molecule has 0 fully saturated rings. The lowest BCUT2D eigenvalue weighted by Gasteiger charge is -2.29. The molecule has 2 aromatic rings. The van der Waals surface area contributed by atoms with E-state index in [-0.39, 0.29) is 6.04 Å². The molecule has 1 aromatic carbocycles. The van der Waals surface area contributed by atoms with Crippen molar-refractivity contribution in [1.82, 2.24) is 14.8 Å². The van der Waals surface area contributed by atoms with E-state index in [1.54, 1.807) is 14.2 Å². The number of aryl methyl sites for hydroxylation is 1. The molecule has 1 N–H and O–H groups in total. The minimum Gasteiger partial charge on any atom is -0.493 e. The quantitative estimate of drug-likeness (QED) is 0.939. The summed E-state index contributed by atoms with van der Waals surface area (Å²) in [6, 6.07) is 6.51. The third-order valence-electron chi connectivity index (χ3n) is 3.78. The van der Waals surface area contributed by atoms with E-state index in [9.17, 15) is 0 Å². The van der Waals surface area contributed by atoms with Crippen molar-refractivity contribution in [2.75, 3.05) is 19.5 Å². The minimum atomic E-state index is 0.150. The normalized spacial score (nSPS) is 20.6. The molecule has 0 saturated heterocycles. The number of nitrogens with zero attached hydrogens (tertiary/aromatic N) is 3. The molecule has 0 spiro atoms. The van der Waals surface area contributed by atoms with Crippen LogP contribution in [0.25, 0.3) is 0 Å². The van der Waals surface area contributed by atoms with Crippen LogP contribution in [0.2, 0.25) is 0 Å². The highest BCUT2D eigenvalue weighted by atomic mass is 16.5. The first-order chi connectivity index (χ1) is 10.1. The Bertz CT molecular complexity index is 653. The highest BCUT2D eigenvalue weighted by Crippen LogP contribution is 2.35. The first kappa shape index (κ1) is 13.7. The molecular weight excluding hydrogens is 268 g/mol. The predicted molar refractivity (Wildman–Crippen MR) is 80.1 cm³/mol. The summed E-state index contributed by atoms with van der Waals surface area (Å²) in [5.74, 6) is 3.07. The average Bonchev–Trinajstić information content (AvgIpc) is 2.85. The number of anilines is 1. The van der Waals surface area contributed by atoms with Gasteiger partial charge in [0.15, 0.2) is 11.5 Å². The lowest BCUT2D eigenvalue weighted by Crippen LogP contribution is -2.31. The molecule has 0 amide bonds. The van der Waals surface area contributed by atoms with Crippen LogP contribution in [0.5, 0.6) is 11.5 Å². The van der Waals surface area contributed by atoms with E-state index < -0.39 is 0 Å². The minimum absolute atomic E-state index is 0.150. The third-order valence-corrected chi connectivity index (χ3v) is 3.78. The van der Waals surface area contributed by atoms with Crippen molar-refractivity contribution in [2.24, 2.45) is 0 Å². The number of fused-ring (bicyclic) bond motifs is 1. The molecule has 0 bridgehead atoms. The molecule has 0 aliphatic carbocycles. The van der Waals surface area contributed by atoms with Gasteiger partial charge in [0.05, 0.1) is 20.3 Å². The summed E-state index contributed by atoms with van der Waals surface area (Å²) in [6.07, 6.45) is 0.950. The van der Waals surface area contributed by atoms with Crippen molar-refractivity contribution >= 4 is 5.95 Å². The van der Waals surface area contributed by atoms with Gasteiger partial charge in [-0.1, -0.05) is 6.07 Å². The highest BCUT2D eigenvalue weighted by molar-refractivity contribution is 5.45. The van der Waals surface area contributed by atoms with Gasteiger partial charge in [-0.05, 0) is 38.0 Å². The molecule has 2 atom stereocenters. The molecule has 3 rings (SSSR count). The van der Waals surface area contributed by atoms with Crippen LogP contribution in [-0.4, -0.2) is 35.0 Å². The molecular formula is C15H20N4O2. The van der Waals surface area contributed by atoms with Crippen molar-refractivity contribution in [3.8, 4) is 11.5 Å². The summed E-state index contributed by atoms with van der Waals surface area (Å²) >= 11 is 0. The Hall–Kier alpha value is -2.24. The summed E-state index contributed by atoms with van der Waals surface area (Å²) in [6.45, 7) is 4.06. The van der Waals surface area contributed by atoms with Gasteiger partial charge >= 0.3 is 0 Å². The van der Waals surface area contributed by atoms with Gasteiger partial charge in [-0.25, -0.2) is 4.68 Å². The number of methoxy groups -OCH3 is 2. The highest BCUT2D eigenvalue weighted by Gasteiger charge is 2.28. The van der Waals surface area contributed by atoms with Gasteiger partial charge in [-0.2, -0.15) is 10.1 Å². The van der Waals surface area contributed by atoms with Crippen LogP contribution in [0, 0.1) is 6.92 Å². The molecule has 1 aliphatic heterocycles. The van der Waals surface area contributed by atoms with Gasteiger partial charge in [0.25, 0.3) is 0 Å². The second kappa shape index (κ2) is 5.27. The van der Waals surface area contributed by atoms with E-state index in [2.05, 4.69) is 28.4 Å². The Morgan fingerprint density at radius 1 is 1.24 bits per heavy atom. The largest absolute Gasteiger partial charge is 0.493 e. The van der Waals surface area contributed by atoms with Crippen LogP contribution >= 0.6 is 0 Å². The summed E-state index contributed by atoms with van der Waals surface area (Å²) in [5.41, 5.74) is 1.15. The maximum atomic E-state index is 5.40. The van der Waals surface area contributed by atoms with Crippen molar-refractivity contribution in [3.63, 3.8) is 0 Å². The Kier molecular flexibility index (Phi) is 3.45. The second-order valence-electron chi connectivity index (χ2n) is 5.34. The zero-order chi connectivity index (χ0) is 15.0. The Labute approximate surface area is 124 Å². The summed E-state index contributed by atoms with van der Waals surface area (Å²) in [7, 11) is 3.29. The van der Waals surface area contributed by atoms with Gasteiger partial charge in [0, 0.05) is 6.04 Å². The molecule has 1 aliphatic rings. The molecule has 2 heterocycles. The van der Waals surface area contributed by atoms with Crippen LogP contribution < -0.4 is 14.8 Å². The first-order valence-electron chi connectivity index (χ1n) is 7.04. The number of benzene rings is 1. The van der Waals surface area contributed by atoms with Gasteiger partial charge in [-0.15, -0.1) is 0 Å². The predicted octanol–water partition coefficient (Wildman–Crippen LogP) is 2.40. The fraction of sp³-hybridized carbons (Fsp3) is 0.467. The molecule has 1 aromatic heterocycles. The average molecular weight is 288 g/mol. The van der Waals surface area contributed by atoms with Crippen molar-refractivity contribution < 1.29 is 9.47 Å². The number of nitrogens with one attached hydrogen (secondary N) is 1. The lowest BCUT2D eigenvalue weighted by atomic mass is 9.98. The van der Waals surface area contributed by atoms with Crippen molar-refractivity contribution in [2.45, 2.75) is 32.4 Å². The van der Waals surface area contributed by atoms with E-state index >= 15 is 0 Å². The maximum absolute atomic E-state index is 5.40. The summed E-state index contributed by atoms with van der Waals surface area (Å²) in [5, 5.41) is 7.88. The van der Waals surface area contributed by atoms with Crippen LogP contribution in [0.1, 0.15) is 30.8 Å². The van der Waals surface area contributed by atoms with Gasteiger partial charge in [0.2, 0.25) is 5.95 Å². The first-order valence-corrected chi connectivity index (χ1v) is 7.04. The number of rotatable bonds is 3. The topological polar surface area (TPSA) is 61.2 Å². The van der Waals surface area contributed by atoms with Crippen molar-refractivity contribution in [3.05, 3.63) is 29.6 Å². The Morgan fingerprint density at radius 2 is 2.00 bits per heavy atom. The fourth-order valence-corrected chi connectivity index (χ4v) is 2.80. The van der Waals surface area contributed by atoms with Gasteiger partial charge in [-0.3, -0.25) is 0 Å². The standard InChI is InChI=1S/C15H20N4O2/c1-9-7-12(19-15(16-9)17-10(2)18-19)11-5-6-13(20-3)14(8-11)21-4/h5-6,8-9,12H,7H2,1-4H3,(H,16,17,18)/t9-,12-/m0/s1. The Balaban J connectivity index is 2.04. The van der Waals surface area contributed by atoms with Crippen LogP contribution in [0.4, 0.5) is 5.95 Å². The van der Waals surface area contributed by atoms with E-state index in [1.165, 1.54) is 0 Å². The lowest BCUT2D eigenvalue weighted by molar-refractivity contribution is 0.352. The number of aromatic nitrogens is 3. The molecule has 6 nitrogen and oxygen atoms in total. The SMILES string of the molecule is COc1ccc([C@@H]2C[C@H](C)Nc3nc(C)nn32)cc1OC. The monoisotopic (exact) mass is 288 g/mol. The molecule has 0 unspecified atom stereocenters. The molecule has 112 valence electrons. The van der Waals surface area contributed by atoms with Crippen LogP contribution in [0.15, 0.2) is 18.2 Å². The smallest absolute Gasteiger partial charge is 0.222 e.